The number of nitrogens with one attached hydrogen (secondary N) is 1. The van der Waals surface area contributed by atoms with Gasteiger partial charge in [0.25, 0.3) is 5.91 Å². The largest absolute Gasteiger partial charge is 0.477 e. The number of aryl methyl sites for hydroxylation is 1. The Hall–Kier alpha value is -2.74. The molecule has 2 rings (SSSR count). The smallest absolute Gasteiger partial charge is 0.311 e. The number of benzene rings is 1. The van der Waals surface area contributed by atoms with Gasteiger partial charge in [0.2, 0.25) is 0 Å². The van der Waals surface area contributed by atoms with Gasteiger partial charge in [-0.3, -0.25) is 14.9 Å². The van der Waals surface area contributed by atoms with Gasteiger partial charge in [0.1, 0.15) is 0 Å². The number of hydrazone groups is 1. The average Bonchev–Trinajstić information content (AvgIpc) is 2.99. The second kappa shape index (κ2) is 7.32. The molecule has 0 spiro atoms. The first-order chi connectivity index (χ1) is 10.6. The summed E-state index contributed by atoms with van der Waals surface area (Å²) in [6.45, 7) is 1.38. The zero-order valence-electron chi connectivity index (χ0n) is 11.7. The van der Waals surface area contributed by atoms with E-state index in [9.17, 15) is 14.9 Å². The second-order valence-corrected chi connectivity index (χ2v) is 5.30. The first-order valence-corrected chi connectivity index (χ1v) is 7.17. The Bertz CT molecular complexity index is 698. The number of carbonyl (C=O) groups is 1. The highest BCUT2D eigenvalue weighted by Gasteiger charge is 2.16. The van der Waals surface area contributed by atoms with Crippen LogP contribution >= 0.6 is 11.3 Å². The minimum absolute atomic E-state index is 0.0491. The summed E-state index contributed by atoms with van der Waals surface area (Å²) >= 11 is 1.48. The molecule has 0 bridgehead atoms. The molecule has 1 heterocycles. The quantitative estimate of drug-likeness (QED) is 0.503. The number of ether oxygens (including phenoxy) is 1. The van der Waals surface area contributed by atoms with Crippen LogP contribution in [0.1, 0.15) is 10.4 Å². The molecule has 0 saturated heterocycles. The maximum Gasteiger partial charge on any atom is 0.311 e. The minimum atomic E-state index is -0.546. The maximum absolute atomic E-state index is 11.6. The zero-order valence-corrected chi connectivity index (χ0v) is 12.5. The summed E-state index contributed by atoms with van der Waals surface area (Å²) in [4.78, 5) is 22.9. The summed E-state index contributed by atoms with van der Waals surface area (Å²) in [5.74, 6) is -0.448. The van der Waals surface area contributed by atoms with Gasteiger partial charge in [0.05, 0.1) is 11.1 Å². The Kier molecular flexibility index (Phi) is 5.21. The second-order valence-electron chi connectivity index (χ2n) is 4.33. The van der Waals surface area contributed by atoms with Crippen molar-refractivity contribution in [2.45, 2.75) is 6.92 Å². The molecule has 0 unspecified atom stereocenters. The van der Waals surface area contributed by atoms with Crippen LogP contribution in [0.2, 0.25) is 0 Å². The van der Waals surface area contributed by atoms with Gasteiger partial charge < -0.3 is 4.74 Å². The van der Waals surface area contributed by atoms with Crippen LogP contribution in [0.25, 0.3) is 0 Å². The number of amides is 1. The van der Waals surface area contributed by atoms with Crippen molar-refractivity contribution in [2.24, 2.45) is 5.10 Å². The molecule has 1 aromatic carbocycles. The van der Waals surface area contributed by atoms with Gasteiger partial charge in [-0.1, -0.05) is 12.1 Å². The van der Waals surface area contributed by atoms with Crippen molar-refractivity contribution in [3.63, 3.8) is 0 Å². The third-order valence-electron chi connectivity index (χ3n) is 2.59. The van der Waals surface area contributed by atoms with Gasteiger partial charge in [0, 0.05) is 10.9 Å². The van der Waals surface area contributed by atoms with Gasteiger partial charge in [-0.05, 0) is 30.0 Å². The molecule has 2 aromatic rings. The molecule has 1 aromatic heterocycles. The van der Waals surface area contributed by atoms with Crippen LogP contribution in [0, 0.1) is 17.0 Å². The van der Waals surface area contributed by atoms with E-state index >= 15 is 0 Å². The Morgan fingerprint density at radius 1 is 1.50 bits per heavy atom. The zero-order chi connectivity index (χ0) is 15.9. The molecule has 0 aliphatic heterocycles. The number of rotatable bonds is 6. The number of nitrogens with zero attached hydrogens (tertiary/aromatic N) is 2. The fraction of sp³-hybridized carbons (Fsp3) is 0.143. The van der Waals surface area contributed by atoms with Crippen molar-refractivity contribution in [3.05, 3.63) is 56.3 Å². The Labute approximate surface area is 130 Å². The van der Waals surface area contributed by atoms with Crippen LogP contribution in [-0.2, 0) is 4.79 Å². The van der Waals surface area contributed by atoms with Crippen molar-refractivity contribution in [1.82, 2.24) is 5.43 Å². The van der Waals surface area contributed by atoms with E-state index in [1.807, 2.05) is 17.5 Å². The van der Waals surface area contributed by atoms with E-state index < -0.39 is 10.8 Å². The van der Waals surface area contributed by atoms with E-state index in [1.54, 1.807) is 13.0 Å². The third-order valence-corrected chi connectivity index (χ3v) is 3.40. The predicted octanol–water partition coefficient (Wildman–Crippen LogP) is 2.49. The molecule has 0 aliphatic carbocycles. The van der Waals surface area contributed by atoms with Gasteiger partial charge in [-0.25, -0.2) is 5.43 Å². The predicted molar refractivity (Wildman–Crippen MR) is 83.4 cm³/mol. The third kappa shape index (κ3) is 4.38. The van der Waals surface area contributed by atoms with Crippen LogP contribution in [0.3, 0.4) is 0 Å². The number of hydrogen-bond acceptors (Lipinski definition) is 6. The summed E-state index contributed by atoms with van der Waals surface area (Å²) < 4.78 is 5.18. The number of thiophene rings is 1. The van der Waals surface area contributed by atoms with Crippen molar-refractivity contribution in [2.75, 3.05) is 6.61 Å². The van der Waals surface area contributed by atoms with Crippen LogP contribution in [-0.4, -0.2) is 23.7 Å². The number of hydrogen-bond donors (Lipinski definition) is 1. The number of nitro benzene ring substituents is 1. The van der Waals surface area contributed by atoms with Crippen molar-refractivity contribution < 1.29 is 14.5 Å². The molecular weight excluding hydrogens is 306 g/mol. The Morgan fingerprint density at radius 2 is 2.32 bits per heavy atom. The lowest BCUT2D eigenvalue weighted by Crippen LogP contribution is -2.24. The van der Waals surface area contributed by atoms with Gasteiger partial charge in [-0.15, -0.1) is 11.3 Å². The lowest BCUT2D eigenvalue weighted by atomic mass is 10.2. The van der Waals surface area contributed by atoms with Crippen molar-refractivity contribution in [3.8, 4) is 5.75 Å². The maximum atomic E-state index is 11.6. The van der Waals surface area contributed by atoms with Crippen LogP contribution in [0.15, 0.2) is 40.8 Å². The summed E-state index contributed by atoms with van der Waals surface area (Å²) in [6.07, 6.45) is 1.51. The molecule has 0 aliphatic rings. The Morgan fingerprint density at radius 3 is 3.00 bits per heavy atom. The summed E-state index contributed by atoms with van der Waals surface area (Å²) in [6, 6.07) is 8.26. The highest BCUT2D eigenvalue weighted by atomic mass is 32.1. The van der Waals surface area contributed by atoms with Gasteiger partial charge >= 0.3 is 5.69 Å². The average molecular weight is 319 g/mol. The first-order valence-electron chi connectivity index (χ1n) is 6.29. The fourth-order valence-electron chi connectivity index (χ4n) is 1.60. The summed E-state index contributed by atoms with van der Waals surface area (Å²) in [7, 11) is 0. The molecule has 22 heavy (non-hydrogen) atoms. The molecule has 0 atom stereocenters. The topological polar surface area (TPSA) is 93.8 Å². The molecular formula is C14H13N3O4S. The van der Waals surface area contributed by atoms with Crippen molar-refractivity contribution >= 4 is 29.1 Å². The van der Waals surface area contributed by atoms with Crippen molar-refractivity contribution in [1.29, 1.82) is 0 Å². The molecule has 0 radical (unpaired) electrons. The van der Waals surface area contributed by atoms with Crippen LogP contribution in [0.5, 0.6) is 5.75 Å². The standard InChI is InChI=1S/C14H13N3O4S/c1-10-4-5-13(12(7-10)17(19)20)21-9-14(18)16-15-8-11-3-2-6-22-11/h2-8H,9H2,1H3,(H,16,18)/b15-8+. The summed E-state index contributed by atoms with van der Waals surface area (Å²) in [5.41, 5.74) is 2.86. The molecule has 1 amide bonds. The normalized spacial score (nSPS) is 10.6. The van der Waals surface area contributed by atoms with E-state index in [0.717, 1.165) is 10.4 Å². The molecule has 1 N–H and O–H groups in total. The van der Waals surface area contributed by atoms with E-state index in [0.29, 0.717) is 0 Å². The van der Waals surface area contributed by atoms with Crippen LogP contribution < -0.4 is 10.2 Å². The van der Waals surface area contributed by atoms with E-state index in [1.165, 1.54) is 29.7 Å². The number of nitro groups is 1. The first kappa shape index (κ1) is 15.6. The number of carbonyl (C=O) groups excluding carboxylic acids is 1. The molecule has 0 fully saturated rings. The highest BCUT2D eigenvalue weighted by molar-refractivity contribution is 7.11. The minimum Gasteiger partial charge on any atom is -0.477 e. The molecule has 7 nitrogen and oxygen atoms in total. The van der Waals surface area contributed by atoms with E-state index in [4.69, 9.17) is 4.74 Å². The monoisotopic (exact) mass is 319 g/mol. The SMILES string of the molecule is Cc1ccc(OCC(=O)N/N=C/c2cccs2)c([N+](=O)[O-])c1. The molecule has 114 valence electrons. The lowest BCUT2D eigenvalue weighted by molar-refractivity contribution is -0.385. The summed E-state index contributed by atoms with van der Waals surface area (Å²) in [5, 5.41) is 16.6. The molecule has 0 saturated carbocycles. The fourth-order valence-corrected chi connectivity index (χ4v) is 2.19. The van der Waals surface area contributed by atoms with E-state index in [-0.39, 0.29) is 18.0 Å². The molecule has 8 heteroatoms. The van der Waals surface area contributed by atoms with Gasteiger partial charge in [-0.2, -0.15) is 5.10 Å². The van der Waals surface area contributed by atoms with Gasteiger partial charge in [0.15, 0.2) is 12.4 Å². The lowest BCUT2D eigenvalue weighted by Gasteiger charge is -2.06. The highest BCUT2D eigenvalue weighted by Crippen LogP contribution is 2.27. The van der Waals surface area contributed by atoms with E-state index in [2.05, 4.69) is 10.5 Å². The van der Waals surface area contributed by atoms with Crippen LogP contribution in [0.4, 0.5) is 5.69 Å². The Balaban J connectivity index is 1.90.